The predicted octanol–water partition coefficient (Wildman–Crippen LogP) is -1.48. The Bertz CT molecular complexity index is 514. The molecule has 3 unspecified atom stereocenters. The number of benzene rings is 1. The van der Waals surface area contributed by atoms with Gasteiger partial charge in [0.1, 0.15) is 31.6 Å². The average molecular weight is 323 g/mol. The number of carbonyl (C=O) groups is 1. The highest BCUT2D eigenvalue weighted by atomic mass is 32.2. The number of nitrogens with one attached hydrogen (secondary N) is 1. The zero-order chi connectivity index (χ0) is 16.3. The minimum atomic E-state index is -1.27. The molecule has 4 N–H and O–H groups in total. The molecule has 0 aliphatic carbocycles. The van der Waals surface area contributed by atoms with E-state index in [1.807, 2.05) is 0 Å². The Kier molecular flexibility index (Phi) is 5.88. The average Bonchev–Trinajstić information content (AvgIpc) is 2.48. The summed E-state index contributed by atoms with van der Waals surface area (Å²) in [4.78, 5) is 12.2. The minimum absolute atomic E-state index is 0.342. The molecule has 118 valence electrons. The normalized spacial score (nSPS) is 31.7. The zero-order valence-corrected chi connectivity index (χ0v) is 12.9. The zero-order valence-electron chi connectivity index (χ0n) is 12.0. The molecule has 6 nitrogen and oxygen atoms in total. The van der Waals surface area contributed by atoms with Gasteiger partial charge in [-0.15, -0.1) is 0 Å². The first kappa shape index (κ1) is 17.3. The molecule has 8 heteroatoms. The SMILES string of the molecule is [B]c1ccc(S[C@@H]2OC(CO)[C@@H](O)C(O)C2NC(C)=O)cc1. The lowest BCUT2D eigenvalue weighted by Gasteiger charge is -2.42. The third kappa shape index (κ3) is 4.02. The van der Waals surface area contributed by atoms with Crippen LogP contribution in [0.15, 0.2) is 29.2 Å². The van der Waals surface area contributed by atoms with Crippen LogP contribution in [0.3, 0.4) is 0 Å². The number of hydrogen-bond acceptors (Lipinski definition) is 6. The van der Waals surface area contributed by atoms with Crippen LogP contribution in [0.1, 0.15) is 6.92 Å². The number of aliphatic hydroxyl groups excluding tert-OH is 3. The lowest BCUT2D eigenvalue weighted by molar-refractivity contribution is -0.173. The van der Waals surface area contributed by atoms with Crippen molar-refractivity contribution >= 4 is 31.0 Å². The van der Waals surface area contributed by atoms with Gasteiger partial charge < -0.3 is 25.4 Å². The lowest BCUT2D eigenvalue weighted by Crippen LogP contribution is -2.63. The maximum Gasteiger partial charge on any atom is 0.217 e. The first-order chi connectivity index (χ1) is 10.4. The fourth-order valence-electron chi connectivity index (χ4n) is 2.25. The summed E-state index contributed by atoms with van der Waals surface area (Å²) in [6, 6.07) is 6.25. The molecule has 2 radical (unpaired) electrons. The number of hydrogen-bond donors (Lipinski definition) is 4. The number of amides is 1. The molecule has 2 rings (SSSR count). The van der Waals surface area contributed by atoms with E-state index in [0.29, 0.717) is 5.46 Å². The van der Waals surface area contributed by atoms with Crippen molar-refractivity contribution in [3.8, 4) is 0 Å². The van der Waals surface area contributed by atoms with E-state index in [-0.39, 0.29) is 5.91 Å². The summed E-state index contributed by atoms with van der Waals surface area (Å²) in [6.07, 6.45) is -3.42. The van der Waals surface area contributed by atoms with Gasteiger partial charge in [-0.2, -0.15) is 0 Å². The van der Waals surface area contributed by atoms with Gasteiger partial charge in [-0.3, -0.25) is 4.79 Å². The van der Waals surface area contributed by atoms with Crippen molar-refractivity contribution in [1.29, 1.82) is 0 Å². The van der Waals surface area contributed by atoms with Crippen molar-refractivity contribution < 1.29 is 24.9 Å². The molecule has 1 amide bonds. The van der Waals surface area contributed by atoms with Gasteiger partial charge in [-0.25, -0.2) is 0 Å². The van der Waals surface area contributed by atoms with Gasteiger partial charge in [0, 0.05) is 11.8 Å². The van der Waals surface area contributed by atoms with E-state index < -0.39 is 36.4 Å². The minimum Gasteiger partial charge on any atom is -0.394 e. The Labute approximate surface area is 134 Å². The Balaban J connectivity index is 2.18. The van der Waals surface area contributed by atoms with Gasteiger partial charge in [0.2, 0.25) is 5.91 Å². The topological polar surface area (TPSA) is 99.0 Å². The number of rotatable bonds is 4. The van der Waals surface area contributed by atoms with Gasteiger partial charge in [0.05, 0.1) is 12.6 Å². The van der Waals surface area contributed by atoms with E-state index in [0.717, 1.165) is 4.90 Å². The summed E-state index contributed by atoms with van der Waals surface area (Å²) < 4.78 is 5.62. The summed E-state index contributed by atoms with van der Waals surface area (Å²) >= 11 is 1.27. The molecule has 1 aromatic carbocycles. The summed E-state index contributed by atoms with van der Waals surface area (Å²) in [5.41, 5.74) is -0.0286. The van der Waals surface area contributed by atoms with E-state index in [2.05, 4.69) is 5.32 Å². The largest absolute Gasteiger partial charge is 0.394 e. The second-order valence-corrected chi connectivity index (χ2v) is 6.29. The van der Waals surface area contributed by atoms with Crippen LogP contribution in [0.5, 0.6) is 0 Å². The summed E-state index contributed by atoms with van der Waals surface area (Å²) in [6.45, 7) is 0.895. The third-order valence-electron chi connectivity index (χ3n) is 3.38. The first-order valence-electron chi connectivity index (χ1n) is 6.84. The van der Waals surface area contributed by atoms with Crippen molar-refractivity contribution in [3.05, 3.63) is 24.3 Å². The molecule has 1 saturated heterocycles. The maximum atomic E-state index is 11.3. The van der Waals surface area contributed by atoms with Gasteiger partial charge in [-0.05, 0) is 12.1 Å². The van der Waals surface area contributed by atoms with E-state index in [9.17, 15) is 20.1 Å². The van der Waals surface area contributed by atoms with Crippen LogP contribution in [-0.4, -0.2) is 65.5 Å². The molecule has 0 aromatic heterocycles. The smallest absolute Gasteiger partial charge is 0.217 e. The summed E-state index contributed by atoms with van der Waals surface area (Å²) in [5.74, 6) is -0.342. The molecule has 1 aliphatic heterocycles. The van der Waals surface area contributed by atoms with Crippen LogP contribution in [0.25, 0.3) is 0 Å². The Hall–Kier alpha value is -1.06. The highest BCUT2D eigenvalue weighted by Crippen LogP contribution is 2.33. The molecule has 1 aromatic rings. The van der Waals surface area contributed by atoms with E-state index in [1.54, 1.807) is 24.3 Å². The van der Waals surface area contributed by atoms with Crippen molar-refractivity contribution in [2.75, 3.05) is 6.61 Å². The molecule has 5 atom stereocenters. The highest BCUT2D eigenvalue weighted by Gasteiger charge is 2.45. The molecule has 1 fully saturated rings. The molecule has 1 aliphatic rings. The second-order valence-electron chi connectivity index (χ2n) is 5.12. The van der Waals surface area contributed by atoms with Crippen molar-refractivity contribution in [1.82, 2.24) is 5.32 Å². The first-order valence-corrected chi connectivity index (χ1v) is 7.72. The van der Waals surface area contributed by atoms with Crippen LogP contribution < -0.4 is 10.8 Å². The number of aliphatic hydroxyl groups is 3. The van der Waals surface area contributed by atoms with E-state index >= 15 is 0 Å². The summed E-state index contributed by atoms with van der Waals surface area (Å²) in [7, 11) is 5.63. The van der Waals surface area contributed by atoms with Crippen molar-refractivity contribution in [2.45, 2.75) is 41.6 Å². The fraction of sp³-hybridized carbons (Fsp3) is 0.500. The van der Waals surface area contributed by atoms with Crippen LogP contribution in [0.2, 0.25) is 0 Å². The quantitative estimate of drug-likeness (QED) is 0.504. The van der Waals surface area contributed by atoms with Gasteiger partial charge in [-0.1, -0.05) is 29.4 Å². The van der Waals surface area contributed by atoms with Gasteiger partial charge in [0.25, 0.3) is 0 Å². The molecule has 22 heavy (non-hydrogen) atoms. The molecular formula is C14H18BNO5S. The summed E-state index contributed by atoms with van der Waals surface area (Å²) in [5, 5.41) is 32.0. The van der Waals surface area contributed by atoms with Gasteiger partial charge >= 0.3 is 0 Å². The predicted molar refractivity (Wildman–Crippen MR) is 83.1 cm³/mol. The lowest BCUT2D eigenvalue weighted by atomic mass is 9.97. The Morgan fingerprint density at radius 1 is 1.32 bits per heavy atom. The molecular weight excluding hydrogens is 305 g/mol. The monoisotopic (exact) mass is 323 g/mol. The fourth-order valence-corrected chi connectivity index (χ4v) is 3.39. The number of carbonyl (C=O) groups excluding carboxylic acids is 1. The standard InChI is InChI=1S/C14H18BNO5S/c1-7(18)16-11-13(20)12(19)10(6-17)21-14(11)22-9-4-2-8(15)3-5-9/h2-5,10-14,17,19-20H,6H2,1H3,(H,16,18)/t10?,11?,12-,13?,14+/m1/s1. The van der Waals surface area contributed by atoms with Gasteiger partial charge in [0.15, 0.2) is 0 Å². The van der Waals surface area contributed by atoms with Crippen LogP contribution in [-0.2, 0) is 9.53 Å². The molecule has 0 saturated carbocycles. The van der Waals surface area contributed by atoms with Crippen LogP contribution in [0, 0.1) is 0 Å². The molecule has 0 spiro atoms. The van der Waals surface area contributed by atoms with E-state index in [4.69, 9.17) is 12.6 Å². The van der Waals surface area contributed by atoms with Crippen LogP contribution >= 0.6 is 11.8 Å². The van der Waals surface area contributed by atoms with Crippen LogP contribution in [0.4, 0.5) is 0 Å². The number of thioether (sulfide) groups is 1. The van der Waals surface area contributed by atoms with Crippen molar-refractivity contribution in [2.24, 2.45) is 0 Å². The number of ether oxygens (including phenoxy) is 1. The highest BCUT2D eigenvalue weighted by molar-refractivity contribution is 7.99. The van der Waals surface area contributed by atoms with E-state index in [1.165, 1.54) is 18.7 Å². The molecule has 0 bridgehead atoms. The maximum absolute atomic E-state index is 11.3. The Morgan fingerprint density at radius 3 is 2.50 bits per heavy atom. The second kappa shape index (κ2) is 7.48. The Morgan fingerprint density at radius 2 is 1.95 bits per heavy atom. The third-order valence-corrected chi connectivity index (χ3v) is 4.56. The van der Waals surface area contributed by atoms with Crippen molar-refractivity contribution in [3.63, 3.8) is 0 Å². The molecule has 1 heterocycles.